The van der Waals surface area contributed by atoms with E-state index in [2.05, 4.69) is 4.90 Å². The Kier molecular flexibility index (Phi) is 6.54. The number of carbonyl (C=O) groups is 2. The third kappa shape index (κ3) is 4.98. The van der Waals surface area contributed by atoms with Crippen LogP contribution in [-0.2, 0) is 11.0 Å². The second-order valence-electron chi connectivity index (χ2n) is 10.4. The molecule has 4 aliphatic rings. The maximum Gasteiger partial charge on any atom is 0.416 e. The maximum atomic E-state index is 13.2. The molecule has 2 fully saturated rings. The fourth-order valence-electron chi connectivity index (χ4n) is 5.74. The van der Waals surface area contributed by atoms with Gasteiger partial charge in [-0.25, -0.2) is 0 Å². The number of hydrogen-bond donors (Lipinski definition) is 0. The molecule has 0 saturated carbocycles. The molecule has 2 atom stereocenters. The second-order valence-corrected chi connectivity index (χ2v) is 10.4. The van der Waals surface area contributed by atoms with Crippen LogP contribution in [0.25, 0.3) is 0 Å². The molecule has 2 aromatic carbocycles. The summed E-state index contributed by atoms with van der Waals surface area (Å²) in [7, 11) is 0. The van der Waals surface area contributed by atoms with Gasteiger partial charge in [-0.2, -0.15) is 13.2 Å². The van der Waals surface area contributed by atoms with Crippen molar-refractivity contribution in [3.05, 3.63) is 102 Å². The van der Waals surface area contributed by atoms with Gasteiger partial charge in [0.15, 0.2) is 0 Å². The molecule has 0 aromatic heterocycles. The summed E-state index contributed by atoms with van der Waals surface area (Å²) >= 11 is 0. The van der Waals surface area contributed by atoms with Gasteiger partial charge in [-0.15, -0.1) is 0 Å². The number of fused-ring (bicyclic) bond motifs is 1. The zero-order chi connectivity index (χ0) is 27.1. The van der Waals surface area contributed by atoms with Crippen LogP contribution in [0.3, 0.4) is 0 Å². The number of amides is 2. The van der Waals surface area contributed by atoms with Gasteiger partial charge in [0, 0.05) is 74.3 Å². The van der Waals surface area contributed by atoms with Crippen LogP contribution in [0.15, 0.2) is 90.7 Å². The van der Waals surface area contributed by atoms with Crippen molar-refractivity contribution in [1.82, 2.24) is 14.7 Å². The lowest BCUT2D eigenvalue weighted by molar-refractivity contribution is -0.137. The number of alkyl halides is 3. The molecular weight excluding hydrogens is 505 g/mol. The summed E-state index contributed by atoms with van der Waals surface area (Å²) in [6.07, 6.45) is 5.22. The van der Waals surface area contributed by atoms with E-state index >= 15 is 0 Å². The van der Waals surface area contributed by atoms with Gasteiger partial charge in [-0.1, -0.05) is 42.5 Å². The van der Waals surface area contributed by atoms with E-state index < -0.39 is 11.7 Å². The maximum absolute atomic E-state index is 13.2. The molecule has 1 aliphatic carbocycles. The van der Waals surface area contributed by atoms with Gasteiger partial charge < -0.3 is 14.7 Å². The Labute approximate surface area is 225 Å². The third-order valence-corrected chi connectivity index (χ3v) is 8.06. The van der Waals surface area contributed by atoms with Crippen molar-refractivity contribution >= 4 is 17.5 Å². The molecule has 39 heavy (non-hydrogen) atoms. The molecule has 3 aliphatic heterocycles. The molecule has 0 bridgehead atoms. The quantitative estimate of drug-likeness (QED) is 0.591. The third-order valence-electron chi connectivity index (χ3n) is 8.06. The number of benzene rings is 2. The van der Waals surface area contributed by atoms with Gasteiger partial charge in [0.1, 0.15) is 0 Å². The van der Waals surface area contributed by atoms with Crippen LogP contribution >= 0.6 is 0 Å². The van der Waals surface area contributed by atoms with Crippen molar-refractivity contribution in [3.63, 3.8) is 0 Å². The van der Waals surface area contributed by atoms with E-state index in [1.165, 1.54) is 12.1 Å². The van der Waals surface area contributed by atoms with E-state index in [4.69, 9.17) is 0 Å². The van der Waals surface area contributed by atoms with Crippen molar-refractivity contribution in [2.45, 2.75) is 18.3 Å². The smallest absolute Gasteiger partial charge is 0.340 e. The standard InChI is InChI=1S/C30H29F3N4O2/c31-30(32,33)24-7-9-25(10-8-24)37-13-12-22-18-23(6-11-27(22)37)29(39)36-19-26(20-36)34-14-16-35(17-15-34)28(38)21-4-2-1-3-5-21/h1-13,18,22,26-27H,14-17,19-20H2. The van der Waals surface area contributed by atoms with Gasteiger partial charge in [-0.05, 0) is 36.4 Å². The Bertz CT molecular complexity index is 1320. The highest BCUT2D eigenvalue weighted by Crippen LogP contribution is 2.36. The summed E-state index contributed by atoms with van der Waals surface area (Å²) in [6.45, 7) is 4.27. The summed E-state index contributed by atoms with van der Waals surface area (Å²) in [5.41, 5.74) is 1.36. The summed E-state index contributed by atoms with van der Waals surface area (Å²) in [4.78, 5) is 33.9. The van der Waals surface area contributed by atoms with Gasteiger partial charge in [0.25, 0.3) is 11.8 Å². The largest absolute Gasteiger partial charge is 0.416 e. The van der Waals surface area contributed by atoms with Crippen molar-refractivity contribution in [3.8, 4) is 0 Å². The Morgan fingerprint density at radius 2 is 1.49 bits per heavy atom. The van der Waals surface area contributed by atoms with Gasteiger partial charge in [0.2, 0.25) is 0 Å². The van der Waals surface area contributed by atoms with Crippen molar-refractivity contribution < 1.29 is 22.8 Å². The van der Waals surface area contributed by atoms with Crippen LogP contribution in [0.4, 0.5) is 18.9 Å². The molecule has 0 spiro atoms. The minimum Gasteiger partial charge on any atom is -0.340 e. The fourth-order valence-corrected chi connectivity index (χ4v) is 5.74. The second kappa shape index (κ2) is 10.0. The number of nitrogens with zero attached hydrogens (tertiary/aromatic N) is 4. The molecule has 6 nitrogen and oxygen atoms in total. The van der Waals surface area contributed by atoms with Crippen LogP contribution in [0.5, 0.6) is 0 Å². The number of piperazine rings is 1. The van der Waals surface area contributed by atoms with E-state index in [0.29, 0.717) is 49.0 Å². The molecule has 9 heteroatoms. The predicted octanol–water partition coefficient (Wildman–Crippen LogP) is 4.19. The molecule has 2 saturated heterocycles. The monoisotopic (exact) mass is 534 g/mol. The van der Waals surface area contributed by atoms with E-state index in [-0.39, 0.29) is 23.8 Å². The average Bonchev–Trinajstić information content (AvgIpc) is 3.35. The molecule has 2 unspecified atom stereocenters. The summed E-state index contributed by atoms with van der Waals surface area (Å²) in [5, 5.41) is 0. The molecular formula is C30H29F3N4O2. The number of hydrogen-bond acceptors (Lipinski definition) is 4. The average molecular weight is 535 g/mol. The molecule has 202 valence electrons. The fraction of sp³-hybridized carbons (Fsp3) is 0.333. The van der Waals surface area contributed by atoms with E-state index in [1.807, 2.05) is 75.5 Å². The molecule has 2 amide bonds. The first-order valence-electron chi connectivity index (χ1n) is 13.2. The Hall–Kier alpha value is -3.85. The highest BCUT2D eigenvalue weighted by Gasteiger charge is 2.39. The topological polar surface area (TPSA) is 47.1 Å². The van der Waals surface area contributed by atoms with Crippen LogP contribution in [-0.4, -0.2) is 77.9 Å². The van der Waals surface area contributed by atoms with Crippen molar-refractivity contribution in [1.29, 1.82) is 0 Å². The van der Waals surface area contributed by atoms with Crippen molar-refractivity contribution in [2.24, 2.45) is 5.92 Å². The summed E-state index contributed by atoms with van der Waals surface area (Å²) < 4.78 is 38.8. The zero-order valence-corrected chi connectivity index (χ0v) is 21.3. The first-order chi connectivity index (χ1) is 18.8. The van der Waals surface area contributed by atoms with Crippen molar-refractivity contribution in [2.75, 3.05) is 44.2 Å². The number of likely N-dealkylation sites (tertiary alicyclic amines) is 1. The minimum atomic E-state index is -4.36. The number of halogens is 3. The van der Waals surface area contributed by atoms with Crippen LogP contribution in [0, 0.1) is 5.92 Å². The predicted molar refractivity (Wildman–Crippen MR) is 142 cm³/mol. The Morgan fingerprint density at radius 1 is 0.795 bits per heavy atom. The van der Waals surface area contributed by atoms with Gasteiger partial charge in [0.05, 0.1) is 11.6 Å². The molecule has 3 heterocycles. The molecule has 6 rings (SSSR count). The molecule has 2 aromatic rings. The Morgan fingerprint density at radius 3 is 2.15 bits per heavy atom. The lowest BCUT2D eigenvalue weighted by atomic mass is 9.91. The summed E-state index contributed by atoms with van der Waals surface area (Å²) in [5.74, 6) is 0.0385. The lowest BCUT2D eigenvalue weighted by Crippen LogP contribution is -2.64. The first-order valence-corrected chi connectivity index (χ1v) is 13.2. The number of carbonyl (C=O) groups excluding carboxylic acids is 2. The van der Waals surface area contributed by atoms with E-state index in [9.17, 15) is 22.8 Å². The van der Waals surface area contributed by atoms with Gasteiger partial charge in [-0.3, -0.25) is 14.5 Å². The number of rotatable bonds is 4. The van der Waals surface area contributed by atoms with Crippen LogP contribution < -0.4 is 4.90 Å². The van der Waals surface area contributed by atoms with Gasteiger partial charge >= 0.3 is 6.18 Å². The highest BCUT2D eigenvalue weighted by molar-refractivity contribution is 5.97. The number of anilines is 1. The molecule has 0 N–H and O–H groups in total. The molecule has 0 radical (unpaired) electrons. The van der Waals surface area contributed by atoms with Crippen LogP contribution in [0.2, 0.25) is 0 Å². The zero-order valence-electron chi connectivity index (χ0n) is 21.3. The SMILES string of the molecule is O=C(C1=CC2C=CN(c3ccc(C(F)(F)F)cc3)C2C=C1)N1CC(N2CCN(C(=O)c3ccccc3)CC2)C1. The summed E-state index contributed by atoms with van der Waals surface area (Å²) in [6, 6.07) is 14.7. The normalized spacial score (nSPS) is 23.5. The van der Waals surface area contributed by atoms with Crippen LogP contribution in [0.1, 0.15) is 15.9 Å². The lowest BCUT2D eigenvalue weighted by Gasteiger charge is -2.48. The van der Waals surface area contributed by atoms with E-state index in [1.54, 1.807) is 0 Å². The minimum absolute atomic E-state index is 0.000205. The van der Waals surface area contributed by atoms with E-state index in [0.717, 1.165) is 25.2 Å². The highest BCUT2D eigenvalue weighted by atomic mass is 19.4. The Balaban J connectivity index is 1.00. The first kappa shape index (κ1) is 25.4.